The molecule has 13 heavy (non-hydrogen) atoms. The summed E-state index contributed by atoms with van der Waals surface area (Å²) >= 11 is 4.83. The summed E-state index contributed by atoms with van der Waals surface area (Å²) in [6.07, 6.45) is 4.48. The van der Waals surface area contributed by atoms with Crippen LogP contribution in [0.5, 0.6) is 0 Å². The molecule has 2 rings (SSSR count). The molecule has 0 saturated heterocycles. The lowest BCUT2D eigenvalue weighted by Crippen LogP contribution is -2.08. The van der Waals surface area contributed by atoms with Crippen molar-refractivity contribution in [1.82, 2.24) is 4.98 Å². The van der Waals surface area contributed by atoms with E-state index in [0.29, 0.717) is 5.92 Å². The number of thiazole rings is 1. The largest absolute Gasteiger partial charge is 0.386 e. The molecule has 0 bridgehead atoms. The Morgan fingerprint density at radius 2 is 2.23 bits per heavy atom. The molecule has 72 valence electrons. The highest BCUT2D eigenvalue weighted by molar-refractivity contribution is 9.10. The van der Waals surface area contributed by atoms with E-state index in [2.05, 4.69) is 20.9 Å². The minimum atomic E-state index is -0.334. The molecule has 1 atom stereocenters. The zero-order chi connectivity index (χ0) is 9.26. The van der Waals surface area contributed by atoms with Crippen molar-refractivity contribution in [2.75, 3.05) is 0 Å². The minimum Gasteiger partial charge on any atom is -0.386 e. The Hall–Kier alpha value is 0.0700. The average molecular weight is 262 g/mol. The van der Waals surface area contributed by atoms with E-state index in [0.717, 1.165) is 22.5 Å². The van der Waals surface area contributed by atoms with Crippen molar-refractivity contribution in [3.63, 3.8) is 0 Å². The molecule has 2 nitrogen and oxygen atoms in total. The van der Waals surface area contributed by atoms with Crippen molar-refractivity contribution in [3.8, 4) is 0 Å². The van der Waals surface area contributed by atoms with Gasteiger partial charge in [-0.05, 0) is 34.7 Å². The van der Waals surface area contributed by atoms with Crippen LogP contribution >= 0.6 is 27.3 Å². The smallest absolute Gasteiger partial charge is 0.123 e. The van der Waals surface area contributed by atoms with Gasteiger partial charge in [0.25, 0.3) is 0 Å². The van der Waals surface area contributed by atoms with Crippen LogP contribution in [0.15, 0.2) is 9.98 Å². The summed E-state index contributed by atoms with van der Waals surface area (Å²) in [7, 11) is 0. The predicted molar refractivity (Wildman–Crippen MR) is 56.7 cm³/mol. The molecule has 1 aromatic heterocycles. The Morgan fingerprint density at radius 3 is 2.77 bits per heavy atom. The van der Waals surface area contributed by atoms with Crippen LogP contribution in [0, 0.1) is 5.92 Å². The van der Waals surface area contributed by atoms with Crippen LogP contribution in [-0.4, -0.2) is 10.1 Å². The monoisotopic (exact) mass is 261 g/mol. The van der Waals surface area contributed by atoms with Gasteiger partial charge in [-0.3, -0.25) is 0 Å². The molecule has 0 amide bonds. The number of halogens is 1. The summed E-state index contributed by atoms with van der Waals surface area (Å²) in [5.74, 6) is 0.443. The van der Waals surface area contributed by atoms with Gasteiger partial charge in [-0.2, -0.15) is 0 Å². The summed E-state index contributed by atoms with van der Waals surface area (Å²) in [4.78, 5) is 4.24. The predicted octanol–water partition coefficient (Wildman–Crippen LogP) is 3.13. The zero-order valence-corrected chi connectivity index (χ0v) is 9.64. The van der Waals surface area contributed by atoms with Crippen molar-refractivity contribution in [1.29, 1.82) is 0 Å². The zero-order valence-electron chi connectivity index (χ0n) is 7.24. The van der Waals surface area contributed by atoms with E-state index in [4.69, 9.17) is 0 Å². The third-order valence-corrected chi connectivity index (χ3v) is 4.22. The maximum Gasteiger partial charge on any atom is 0.123 e. The molecular formula is C9H12BrNOS. The molecule has 1 saturated carbocycles. The highest BCUT2D eigenvalue weighted by atomic mass is 79.9. The Morgan fingerprint density at radius 1 is 1.54 bits per heavy atom. The lowest BCUT2D eigenvalue weighted by molar-refractivity contribution is 0.111. The second kappa shape index (κ2) is 4.07. The average Bonchev–Trinajstić information content (AvgIpc) is 2.72. The molecule has 1 aliphatic carbocycles. The van der Waals surface area contributed by atoms with Gasteiger partial charge in [0, 0.05) is 5.38 Å². The van der Waals surface area contributed by atoms with E-state index in [1.807, 2.05) is 5.38 Å². The molecular weight excluding hydrogens is 250 g/mol. The van der Waals surface area contributed by atoms with E-state index < -0.39 is 0 Å². The molecule has 0 radical (unpaired) electrons. The molecule has 1 aliphatic rings. The molecule has 4 heteroatoms. The number of rotatable bonds is 2. The number of nitrogens with zero attached hydrogens (tertiary/aromatic N) is 1. The first-order valence-electron chi connectivity index (χ1n) is 4.56. The summed E-state index contributed by atoms with van der Waals surface area (Å²) in [6, 6.07) is 0. The second-order valence-corrected chi connectivity index (χ2v) is 5.20. The Kier molecular flexibility index (Phi) is 3.01. The quantitative estimate of drug-likeness (QED) is 0.888. The molecule has 1 N–H and O–H groups in total. The SMILES string of the molecule is OC(c1nc(Br)cs1)C1CCCC1. The maximum atomic E-state index is 9.96. The minimum absolute atomic E-state index is 0.334. The molecule has 0 aliphatic heterocycles. The Labute approximate surface area is 90.1 Å². The first kappa shape index (κ1) is 9.62. The summed E-state index contributed by atoms with van der Waals surface area (Å²) in [5, 5.41) is 12.7. The van der Waals surface area contributed by atoms with Gasteiger partial charge in [0.1, 0.15) is 15.7 Å². The highest BCUT2D eigenvalue weighted by Crippen LogP contribution is 2.36. The van der Waals surface area contributed by atoms with Crippen molar-refractivity contribution >= 4 is 27.3 Å². The maximum absolute atomic E-state index is 9.96. The summed E-state index contributed by atoms with van der Waals surface area (Å²) in [6.45, 7) is 0. The van der Waals surface area contributed by atoms with Gasteiger partial charge >= 0.3 is 0 Å². The molecule has 0 spiro atoms. The third-order valence-electron chi connectivity index (χ3n) is 2.59. The van der Waals surface area contributed by atoms with Crippen LogP contribution in [-0.2, 0) is 0 Å². The molecule has 1 aromatic rings. The van der Waals surface area contributed by atoms with E-state index in [-0.39, 0.29) is 6.10 Å². The number of aromatic nitrogens is 1. The molecule has 1 heterocycles. The molecule has 1 unspecified atom stereocenters. The van der Waals surface area contributed by atoms with Crippen molar-refractivity contribution < 1.29 is 5.11 Å². The van der Waals surface area contributed by atoms with Crippen LogP contribution in [0.3, 0.4) is 0 Å². The fraction of sp³-hybridized carbons (Fsp3) is 0.667. The van der Waals surface area contributed by atoms with Crippen molar-refractivity contribution in [2.24, 2.45) is 5.92 Å². The fourth-order valence-corrected chi connectivity index (χ4v) is 3.22. The standard InChI is InChI=1S/C9H12BrNOS/c10-7-5-13-9(11-7)8(12)6-3-1-2-4-6/h5-6,8,12H,1-4H2. The summed E-state index contributed by atoms with van der Waals surface area (Å²) < 4.78 is 0.838. The number of aliphatic hydroxyl groups is 1. The van der Waals surface area contributed by atoms with Crippen LogP contribution in [0.1, 0.15) is 36.8 Å². The molecule has 0 aromatic carbocycles. The first-order valence-corrected chi connectivity index (χ1v) is 6.23. The fourth-order valence-electron chi connectivity index (χ4n) is 1.88. The van der Waals surface area contributed by atoms with Gasteiger partial charge in [-0.15, -0.1) is 11.3 Å². The van der Waals surface area contributed by atoms with Crippen molar-refractivity contribution in [2.45, 2.75) is 31.8 Å². The van der Waals surface area contributed by atoms with E-state index in [9.17, 15) is 5.11 Å². The van der Waals surface area contributed by atoms with Crippen LogP contribution in [0.2, 0.25) is 0 Å². The normalized spacial score (nSPS) is 20.8. The van der Waals surface area contributed by atoms with E-state index in [1.54, 1.807) is 0 Å². The number of aliphatic hydroxyl groups excluding tert-OH is 1. The van der Waals surface area contributed by atoms with Crippen LogP contribution in [0.4, 0.5) is 0 Å². The van der Waals surface area contributed by atoms with Gasteiger partial charge in [0.2, 0.25) is 0 Å². The van der Waals surface area contributed by atoms with Crippen molar-refractivity contribution in [3.05, 3.63) is 15.0 Å². The number of hydrogen-bond acceptors (Lipinski definition) is 3. The van der Waals surface area contributed by atoms with Gasteiger partial charge in [0.05, 0.1) is 0 Å². The highest BCUT2D eigenvalue weighted by Gasteiger charge is 2.26. The van der Waals surface area contributed by atoms with Gasteiger partial charge in [0.15, 0.2) is 0 Å². The lowest BCUT2D eigenvalue weighted by Gasteiger charge is -2.14. The van der Waals surface area contributed by atoms with Gasteiger partial charge < -0.3 is 5.11 Å². The van der Waals surface area contributed by atoms with Gasteiger partial charge in [-0.1, -0.05) is 12.8 Å². The second-order valence-electron chi connectivity index (χ2n) is 3.50. The molecule has 1 fully saturated rings. The third kappa shape index (κ3) is 2.11. The number of hydrogen-bond donors (Lipinski definition) is 1. The van der Waals surface area contributed by atoms with E-state index in [1.165, 1.54) is 24.2 Å². The van der Waals surface area contributed by atoms with E-state index >= 15 is 0 Å². The Balaban J connectivity index is 2.07. The first-order chi connectivity index (χ1) is 6.27. The lowest BCUT2D eigenvalue weighted by atomic mass is 10.0. The Bertz CT molecular complexity index is 283. The summed E-state index contributed by atoms with van der Waals surface area (Å²) in [5.41, 5.74) is 0. The van der Waals surface area contributed by atoms with Gasteiger partial charge in [-0.25, -0.2) is 4.98 Å². The van der Waals surface area contributed by atoms with Crippen LogP contribution in [0.25, 0.3) is 0 Å². The van der Waals surface area contributed by atoms with Crippen LogP contribution < -0.4 is 0 Å². The topological polar surface area (TPSA) is 33.1 Å².